The van der Waals surface area contributed by atoms with E-state index < -0.39 is 18.2 Å². The fourth-order valence-electron chi connectivity index (χ4n) is 2.47. The zero-order valence-electron chi connectivity index (χ0n) is 15.2. The van der Waals surface area contributed by atoms with Gasteiger partial charge in [0, 0.05) is 31.7 Å². The molecular formula is C18H24N2O6. The summed E-state index contributed by atoms with van der Waals surface area (Å²) in [4.78, 5) is 38.5. The van der Waals surface area contributed by atoms with Crippen molar-refractivity contribution >= 4 is 18.0 Å². The minimum atomic E-state index is -1.08. The monoisotopic (exact) mass is 364 g/mol. The van der Waals surface area contributed by atoms with Crippen molar-refractivity contribution in [1.29, 1.82) is 0 Å². The van der Waals surface area contributed by atoms with Gasteiger partial charge in [-0.1, -0.05) is 6.07 Å². The molecule has 8 nitrogen and oxygen atoms in total. The summed E-state index contributed by atoms with van der Waals surface area (Å²) < 4.78 is 10.4. The number of amides is 2. The summed E-state index contributed by atoms with van der Waals surface area (Å²) >= 11 is 0. The molecule has 1 aliphatic heterocycles. The van der Waals surface area contributed by atoms with E-state index in [-0.39, 0.29) is 12.0 Å². The third-order valence-corrected chi connectivity index (χ3v) is 3.66. The summed E-state index contributed by atoms with van der Waals surface area (Å²) in [5.74, 6) is -0.944. The number of hydrogen-bond acceptors (Lipinski definition) is 5. The van der Waals surface area contributed by atoms with Crippen molar-refractivity contribution in [3.63, 3.8) is 0 Å². The van der Waals surface area contributed by atoms with Crippen LogP contribution in [0.3, 0.4) is 0 Å². The van der Waals surface area contributed by atoms with Crippen LogP contribution in [0.4, 0.5) is 4.79 Å². The molecule has 0 spiro atoms. The van der Waals surface area contributed by atoms with Crippen molar-refractivity contribution in [3.8, 4) is 5.75 Å². The molecular weight excluding hydrogens is 340 g/mol. The molecule has 0 atom stereocenters. The molecule has 2 amide bonds. The maximum absolute atomic E-state index is 12.6. The third-order valence-electron chi connectivity index (χ3n) is 3.66. The fraction of sp³-hybridized carbons (Fsp3) is 0.500. The lowest BCUT2D eigenvalue weighted by molar-refractivity contribution is -0.139. The van der Waals surface area contributed by atoms with Crippen LogP contribution in [-0.2, 0) is 9.53 Å². The Morgan fingerprint density at radius 2 is 1.69 bits per heavy atom. The Hall–Kier alpha value is -2.77. The molecule has 1 N–H and O–H groups in total. The van der Waals surface area contributed by atoms with Gasteiger partial charge in [0.1, 0.15) is 11.4 Å². The van der Waals surface area contributed by atoms with E-state index in [0.29, 0.717) is 37.5 Å². The van der Waals surface area contributed by atoms with Crippen molar-refractivity contribution in [2.24, 2.45) is 0 Å². The molecule has 26 heavy (non-hydrogen) atoms. The van der Waals surface area contributed by atoms with Crippen molar-refractivity contribution in [2.75, 3.05) is 32.8 Å². The van der Waals surface area contributed by atoms with Crippen LogP contribution in [0.15, 0.2) is 24.3 Å². The van der Waals surface area contributed by atoms with Gasteiger partial charge in [0.25, 0.3) is 5.91 Å². The van der Waals surface area contributed by atoms with Crippen molar-refractivity contribution < 1.29 is 29.0 Å². The minimum absolute atomic E-state index is 0.186. The molecule has 0 aliphatic carbocycles. The number of nitrogens with zero attached hydrogens (tertiary/aromatic N) is 2. The zero-order chi connectivity index (χ0) is 19.3. The first-order chi connectivity index (χ1) is 12.2. The van der Waals surface area contributed by atoms with E-state index in [9.17, 15) is 14.4 Å². The molecule has 1 saturated heterocycles. The summed E-state index contributed by atoms with van der Waals surface area (Å²) in [7, 11) is 0. The van der Waals surface area contributed by atoms with Gasteiger partial charge in [0.05, 0.1) is 0 Å². The molecule has 0 unspecified atom stereocenters. The number of rotatable bonds is 4. The molecule has 8 heteroatoms. The molecule has 0 saturated carbocycles. The molecule has 1 aliphatic rings. The number of benzene rings is 1. The lowest BCUT2D eigenvalue weighted by atomic mass is 10.1. The van der Waals surface area contributed by atoms with Crippen molar-refractivity contribution in [2.45, 2.75) is 26.4 Å². The Bertz CT molecular complexity index is 675. The number of carboxylic acids is 1. The van der Waals surface area contributed by atoms with Gasteiger partial charge in [0.15, 0.2) is 6.61 Å². The first-order valence-electron chi connectivity index (χ1n) is 8.37. The Labute approximate surface area is 152 Å². The summed E-state index contributed by atoms with van der Waals surface area (Å²) in [6, 6.07) is 6.41. The number of carbonyl (C=O) groups is 3. The maximum Gasteiger partial charge on any atom is 0.410 e. The molecule has 0 aromatic heterocycles. The Balaban J connectivity index is 1.93. The highest BCUT2D eigenvalue weighted by molar-refractivity contribution is 5.94. The SMILES string of the molecule is CC(C)(C)OC(=O)N1CCN(C(=O)c2cccc(OCC(=O)O)c2)CC1. The zero-order valence-corrected chi connectivity index (χ0v) is 15.2. The second-order valence-electron chi connectivity index (χ2n) is 6.97. The molecule has 1 fully saturated rings. The van der Waals surface area contributed by atoms with Crippen LogP contribution in [0.5, 0.6) is 5.75 Å². The quantitative estimate of drug-likeness (QED) is 0.876. The fourth-order valence-corrected chi connectivity index (χ4v) is 2.47. The van der Waals surface area contributed by atoms with Crippen molar-refractivity contribution in [3.05, 3.63) is 29.8 Å². The Morgan fingerprint density at radius 1 is 1.08 bits per heavy atom. The second-order valence-corrected chi connectivity index (χ2v) is 6.97. The van der Waals surface area contributed by atoms with Crippen LogP contribution in [0, 0.1) is 0 Å². The summed E-state index contributed by atoms with van der Waals surface area (Å²) in [6.45, 7) is 6.56. The molecule has 1 heterocycles. The number of aliphatic carboxylic acids is 1. The number of carboxylic acid groups (broad SMARTS) is 1. The largest absolute Gasteiger partial charge is 0.482 e. The van der Waals surface area contributed by atoms with Crippen LogP contribution in [0.25, 0.3) is 0 Å². The topological polar surface area (TPSA) is 96.4 Å². The van der Waals surface area contributed by atoms with Crippen LogP contribution in [-0.4, -0.2) is 71.3 Å². The number of piperazine rings is 1. The highest BCUT2D eigenvalue weighted by Gasteiger charge is 2.28. The van der Waals surface area contributed by atoms with E-state index >= 15 is 0 Å². The highest BCUT2D eigenvalue weighted by Crippen LogP contribution is 2.17. The molecule has 0 radical (unpaired) electrons. The predicted molar refractivity (Wildman–Crippen MR) is 93.3 cm³/mol. The van der Waals surface area contributed by atoms with Gasteiger partial charge in [-0.25, -0.2) is 9.59 Å². The summed E-state index contributed by atoms with van der Waals surface area (Å²) in [5, 5.41) is 8.65. The van der Waals surface area contributed by atoms with Gasteiger partial charge in [0.2, 0.25) is 0 Å². The van der Waals surface area contributed by atoms with Gasteiger partial charge < -0.3 is 24.4 Å². The van der Waals surface area contributed by atoms with Gasteiger partial charge in [-0.05, 0) is 39.0 Å². The highest BCUT2D eigenvalue weighted by atomic mass is 16.6. The third kappa shape index (κ3) is 5.65. The second kappa shape index (κ2) is 8.07. The smallest absolute Gasteiger partial charge is 0.410 e. The van der Waals surface area contributed by atoms with E-state index in [1.807, 2.05) is 20.8 Å². The van der Waals surface area contributed by atoms with E-state index in [2.05, 4.69) is 0 Å². The standard InChI is InChI=1S/C18H24N2O6/c1-18(2,3)26-17(24)20-9-7-19(8-10-20)16(23)13-5-4-6-14(11-13)25-12-15(21)22/h4-6,11H,7-10,12H2,1-3H3,(H,21,22). The lowest BCUT2D eigenvalue weighted by Gasteiger charge is -2.35. The predicted octanol–water partition coefficient (Wildman–Crippen LogP) is 1.84. The molecule has 2 rings (SSSR count). The van der Waals surface area contributed by atoms with Crippen molar-refractivity contribution in [1.82, 2.24) is 9.80 Å². The number of carbonyl (C=O) groups excluding carboxylic acids is 2. The summed E-state index contributed by atoms with van der Waals surface area (Å²) in [5.41, 5.74) is -0.140. The van der Waals surface area contributed by atoms with E-state index in [1.54, 1.807) is 28.0 Å². The normalized spacial score (nSPS) is 14.7. The van der Waals surface area contributed by atoms with Crippen LogP contribution >= 0.6 is 0 Å². The Kier molecular flexibility index (Phi) is 6.07. The van der Waals surface area contributed by atoms with Crippen LogP contribution in [0.2, 0.25) is 0 Å². The van der Waals surface area contributed by atoms with E-state index in [4.69, 9.17) is 14.6 Å². The number of ether oxygens (including phenoxy) is 2. The van der Waals surface area contributed by atoms with E-state index in [1.165, 1.54) is 6.07 Å². The van der Waals surface area contributed by atoms with Gasteiger partial charge >= 0.3 is 12.1 Å². The molecule has 1 aromatic carbocycles. The molecule has 0 bridgehead atoms. The van der Waals surface area contributed by atoms with Crippen LogP contribution in [0.1, 0.15) is 31.1 Å². The maximum atomic E-state index is 12.6. The molecule has 1 aromatic rings. The van der Waals surface area contributed by atoms with Crippen LogP contribution < -0.4 is 4.74 Å². The minimum Gasteiger partial charge on any atom is -0.482 e. The van der Waals surface area contributed by atoms with Gasteiger partial charge in [-0.3, -0.25) is 4.79 Å². The Morgan fingerprint density at radius 3 is 2.27 bits per heavy atom. The average molecular weight is 364 g/mol. The van der Waals surface area contributed by atoms with Gasteiger partial charge in [-0.2, -0.15) is 0 Å². The average Bonchev–Trinajstić information content (AvgIpc) is 2.58. The van der Waals surface area contributed by atoms with Gasteiger partial charge in [-0.15, -0.1) is 0 Å². The van der Waals surface area contributed by atoms with E-state index in [0.717, 1.165) is 0 Å². The lowest BCUT2D eigenvalue weighted by Crippen LogP contribution is -2.51. The first-order valence-corrected chi connectivity index (χ1v) is 8.37. The molecule has 142 valence electrons. The number of hydrogen-bond donors (Lipinski definition) is 1. The summed E-state index contributed by atoms with van der Waals surface area (Å²) in [6.07, 6.45) is -0.381. The first kappa shape index (κ1) is 19.6.